The van der Waals surface area contributed by atoms with Gasteiger partial charge in [-0.3, -0.25) is 0 Å². The lowest BCUT2D eigenvalue weighted by atomic mass is 10.2. The Morgan fingerprint density at radius 3 is 3.00 bits per heavy atom. The van der Waals surface area contributed by atoms with Crippen LogP contribution in [-0.2, 0) is 0 Å². The first-order chi connectivity index (χ1) is 6.26. The molecule has 0 bridgehead atoms. The van der Waals surface area contributed by atoms with Crippen molar-refractivity contribution < 1.29 is 4.74 Å². The molecule has 0 spiro atoms. The molecule has 13 heavy (non-hydrogen) atoms. The third-order valence-corrected chi connectivity index (χ3v) is 1.67. The average molecular weight is 178 g/mol. The van der Waals surface area contributed by atoms with E-state index in [2.05, 4.69) is 4.98 Å². The quantitative estimate of drug-likeness (QED) is 0.762. The number of hydrogen-bond donors (Lipinski definition) is 1. The molecule has 0 saturated heterocycles. The van der Waals surface area contributed by atoms with Crippen LogP contribution in [0, 0.1) is 0 Å². The summed E-state index contributed by atoms with van der Waals surface area (Å²) >= 11 is 0. The van der Waals surface area contributed by atoms with Crippen LogP contribution in [0.3, 0.4) is 0 Å². The predicted octanol–water partition coefficient (Wildman–Crippen LogP) is 1.45. The normalized spacial score (nSPS) is 11.5. The van der Waals surface area contributed by atoms with Gasteiger partial charge >= 0.3 is 0 Å². The van der Waals surface area contributed by atoms with Crippen molar-refractivity contribution in [1.82, 2.24) is 4.98 Å². The molecule has 3 heteroatoms. The smallest absolute Gasteiger partial charge is 0.213 e. The van der Waals surface area contributed by atoms with Crippen LogP contribution in [0.1, 0.15) is 12.6 Å². The Morgan fingerprint density at radius 2 is 2.38 bits per heavy atom. The fraction of sp³-hybridized carbons (Fsp3) is 0.300. The van der Waals surface area contributed by atoms with Gasteiger partial charge in [0.2, 0.25) is 5.88 Å². The number of aromatic nitrogens is 1. The Morgan fingerprint density at radius 1 is 1.62 bits per heavy atom. The van der Waals surface area contributed by atoms with E-state index in [4.69, 9.17) is 10.5 Å². The van der Waals surface area contributed by atoms with Crippen molar-refractivity contribution in [1.29, 1.82) is 0 Å². The van der Waals surface area contributed by atoms with Gasteiger partial charge < -0.3 is 10.5 Å². The first kappa shape index (κ1) is 9.74. The minimum atomic E-state index is 0.554. The summed E-state index contributed by atoms with van der Waals surface area (Å²) in [5.41, 5.74) is 7.44. The zero-order chi connectivity index (χ0) is 9.68. The topological polar surface area (TPSA) is 48.1 Å². The maximum absolute atomic E-state index is 5.46. The van der Waals surface area contributed by atoms with Crippen LogP contribution in [0.4, 0.5) is 0 Å². The molecule has 2 N–H and O–H groups in total. The molecule has 1 rings (SSSR count). The second-order valence-electron chi connectivity index (χ2n) is 2.80. The van der Waals surface area contributed by atoms with Crippen molar-refractivity contribution in [2.24, 2.45) is 5.73 Å². The van der Waals surface area contributed by atoms with Gasteiger partial charge in [0.15, 0.2) is 0 Å². The summed E-state index contributed by atoms with van der Waals surface area (Å²) in [6, 6.07) is 5.64. The fourth-order valence-electron chi connectivity index (χ4n) is 0.936. The molecule has 0 atom stereocenters. The molecular formula is C10H14N2O. The summed E-state index contributed by atoms with van der Waals surface area (Å²) in [6.45, 7) is 2.53. The molecule has 0 fully saturated rings. The lowest BCUT2D eigenvalue weighted by Gasteiger charge is -2.00. The minimum Gasteiger partial charge on any atom is -0.481 e. The van der Waals surface area contributed by atoms with Crippen molar-refractivity contribution in [3.63, 3.8) is 0 Å². The molecule has 0 aromatic carbocycles. The number of pyridine rings is 1. The van der Waals surface area contributed by atoms with Crippen LogP contribution in [0.2, 0.25) is 0 Å². The number of rotatable bonds is 3. The second kappa shape index (κ2) is 4.62. The van der Waals surface area contributed by atoms with E-state index in [9.17, 15) is 0 Å². The molecule has 0 unspecified atom stereocenters. The number of methoxy groups -OCH3 is 1. The van der Waals surface area contributed by atoms with Crippen molar-refractivity contribution >= 4 is 6.08 Å². The van der Waals surface area contributed by atoms with E-state index in [0.717, 1.165) is 11.3 Å². The van der Waals surface area contributed by atoms with Crippen LogP contribution in [0.15, 0.2) is 23.8 Å². The van der Waals surface area contributed by atoms with Gasteiger partial charge in [0, 0.05) is 12.6 Å². The second-order valence-corrected chi connectivity index (χ2v) is 2.80. The Balaban J connectivity index is 2.89. The summed E-state index contributed by atoms with van der Waals surface area (Å²) in [6.07, 6.45) is 1.95. The third kappa shape index (κ3) is 2.87. The standard InChI is InChI=1S/C10H14N2O/c1-8(7-11)6-9-4-3-5-10(12-9)13-2/h3-6H,7,11H2,1-2H3/b8-6-. The molecule has 3 nitrogen and oxygen atoms in total. The molecule has 70 valence electrons. The van der Waals surface area contributed by atoms with E-state index in [-0.39, 0.29) is 0 Å². The zero-order valence-corrected chi connectivity index (χ0v) is 7.95. The van der Waals surface area contributed by atoms with Gasteiger partial charge in [-0.15, -0.1) is 0 Å². The van der Waals surface area contributed by atoms with E-state index < -0.39 is 0 Å². The van der Waals surface area contributed by atoms with Gasteiger partial charge in [-0.2, -0.15) is 0 Å². The summed E-state index contributed by atoms with van der Waals surface area (Å²) in [4.78, 5) is 4.22. The van der Waals surface area contributed by atoms with Crippen LogP contribution in [0.25, 0.3) is 6.08 Å². The van der Waals surface area contributed by atoms with Gasteiger partial charge in [-0.25, -0.2) is 4.98 Å². The third-order valence-electron chi connectivity index (χ3n) is 1.67. The molecule has 0 aliphatic rings. The predicted molar refractivity (Wildman–Crippen MR) is 53.5 cm³/mol. The SMILES string of the molecule is COc1cccc(/C=C(/C)CN)n1. The highest BCUT2D eigenvalue weighted by molar-refractivity contribution is 5.49. The first-order valence-electron chi connectivity index (χ1n) is 4.14. The largest absolute Gasteiger partial charge is 0.481 e. The molecular weight excluding hydrogens is 164 g/mol. The minimum absolute atomic E-state index is 0.554. The monoisotopic (exact) mass is 178 g/mol. The number of hydrogen-bond acceptors (Lipinski definition) is 3. The van der Waals surface area contributed by atoms with Gasteiger partial charge in [0.25, 0.3) is 0 Å². The van der Waals surface area contributed by atoms with Gasteiger partial charge in [0.05, 0.1) is 12.8 Å². The lowest BCUT2D eigenvalue weighted by Crippen LogP contribution is -1.99. The van der Waals surface area contributed by atoms with Gasteiger partial charge in [-0.1, -0.05) is 11.6 Å². The molecule has 0 aliphatic heterocycles. The molecule has 0 aliphatic carbocycles. The Hall–Kier alpha value is -1.35. The highest BCUT2D eigenvalue weighted by Gasteiger charge is 1.94. The Labute approximate surface area is 78.2 Å². The van der Waals surface area contributed by atoms with E-state index in [1.54, 1.807) is 7.11 Å². The van der Waals surface area contributed by atoms with Crippen molar-refractivity contribution in [2.45, 2.75) is 6.92 Å². The van der Waals surface area contributed by atoms with E-state index in [0.29, 0.717) is 12.4 Å². The summed E-state index contributed by atoms with van der Waals surface area (Å²) in [7, 11) is 1.60. The van der Waals surface area contributed by atoms with Crippen LogP contribution >= 0.6 is 0 Å². The maximum atomic E-state index is 5.46. The zero-order valence-electron chi connectivity index (χ0n) is 7.95. The molecule has 1 aromatic rings. The number of nitrogens with zero attached hydrogens (tertiary/aromatic N) is 1. The lowest BCUT2D eigenvalue weighted by molar-refractivity contribution is 0.397. The number of ether oxygens (including phenoxy) is 1. The van der Waals surface area contributed by atoms with E-state index in [1.807, 2.05) is 31.2 Å². The average Bonchev–Trinajstić information content (AvgIpc) is 2.18. The van der Waals surface area contributed by atoms with Crippen molar-refractivity contribution in [2.75, 3.05) is 13.7 Å². The van der Waals surface area contributed by atoms with Crippen LogP contribution < -0.4 is 10.5 Å². The Bertz CT molecular complexity index is 308. The van der Waals surface area contributed by atoms with E-state index >= 15 is 0 Å². The molecule has 0 amide bonds. The Kier molecular flexibility index (Phi) is 3.46. The van der Waals surface area contributed by atoms with Gasteiger partial charge in [0.1, 0.15) is 0 Å². The van der Waals surface area contributed by atoms with Crippen LogP contribution in [0.5, 0.6) is 5.88 Å². The van der Waals surface area contributed by atoms with Gasteiger partial charge in [-0.05, 0) is 19.1 Å². The fourth-order valence-corrected chi connectivity index (χ4v) is 0.936. The number of nitrogens with two attached hydrogens (primary N) is 1. The van der Waals surface area contributed by atoms with Crippen LogP contribution in [-0.4, -0.2) is 18.6 Å². The highest BCUT2D eigenvalue weighted by atomic mass is 16.5. The summed E-state index contributed by atoms with van der Waals surface area (Å²) in [5.74, 6) is 0.624. The molecule has 1 aromatic heterocycles. The summed E-state index contributed by atoms with van der Waals surface area (Å²) < 4.78 is 5.00. The highest BCUT2D eigenvalue weighted by Crippen LogP contribution is 2.09. The first-order valence-corrected chi connectivity index (χ1v) is 4.14. The summed E-state index contributed by atoms with van der Waals surface area (Å²) in [5, 5.41) is 0. The molecule has 1 heterocycles. The maximum Gasteiger partial charge on any atom is 0.213 e. The van der Waals surface area contributed by atoms with Crippen molar-refractivity contribution in [3.05, 3.63) is 29.5 Å². The van der Waals surface area contributed by atoms with Crippen molar-refractivity contribution in [3.8, 4) is 5.88 Å². The molecule has 0 radical (unpaired) electrons. The molecule has 0 saturated carbocycles. The van der Waals surface area contributed by atoms with E-state index in [1.165, 1.54) is 0 Å².